The van der Waals surface area contributed by atoms with Crippen LogP contribution in [-0.2, 0) is 14.3 Å². The minimum Gasteiger partial charge on any atom is -0.456 e. The molecule has 1 fully saturated rings. The highest BCUT2D eigenvalue weighted by molar-refractivity contribution is 7.12. The lowest BCUT2D eigenvalue weighted by Crippen LogP contribution is -2.46. The smallest absolute Gasteiger partial charge is 0.326 e. The van der Waals surface area contributed by atoms with Crippen LogP contribution in [0, 0.1) is 13.8 Å². The number of nitrogens with zero attached hydrogens (tertiary/aromatic N) is 3. The largest absolute Gasteiger partial charge is 0.456 e. The number of Topliss-reactive ketones (excluding diaryl/α,β-unsaturated/α-hetero) is 1. The summed E-state index contributed by atoms with van der Waals surface area (Å²) in [5.41, 5.74) is 0.988. The van der Waals surface area contributed by atoms with Crippen LogP contribution in [0.1, 0.15) is 48.4 Å². The first-order valence-corrected chi connectivity index (χ1v) is 10.5. The molecule has 0 atom stereocenters. The van der Waals surface area contributed by atoms with Crippen molar-refractivity contribution in [1.82, 2.24) is 19.8 Å². The number of aryl methyl sites for hydroxylation is 1. The van der Waals surface area contributed by atoms with Crippen molar-refractivity contribution in [3.05, 3.63) is 34.6 Å². The lowest BCUT2D eigenvalue weighted by atomic mass is 9.93. The van der Waals surface area contributed by atoms with Crippen LogP contribution in [0.3, 0.4) is 0 Å². The van der Waals surface area contributed by atoms with Gasteiger partial charge in [-0.05, 0) is 32.8 Å². The molecule has 1 aliphatic rings. The van der Waals surface area contributed by atoms with Crippen molar-refractivity contribution in [1.29, 1.82) is 0 Å². The molecule has 0 aliphatic carbocycles. The molecule has 1 aliphatic heterocycles. The Labute approximate surface area is 178 Å². The van der Waals surface area contributed by atoms with Gasteiger partial charge in [0.2, 0.25) is 5.78 Å². The maximum atomic E-state index is 12.6. The highest BCUT2D eigenvalue weighted by atomic mass is 32.1. The number of amides is 3. The van der Waals surface area contributed by atoms with Gasteiger partial charge in [0.15, 0.2) is 11.7 Å². The van der Waals surface area contributed by atoms with E-state index in [1.807, 2.05) is 16.9 Å². The number of carbonyl (C=O) groups is 4. The monoisotopic (exact) mass is 432 g/mol. The second-order valence-electron chi connectivity index (χ2n) is 7.13. The van der Waals surface area contributed by atoms with Crippen molar-refractivity contribution in [2.24, 2.45) is 0 Å². The fraction of sp³-hybridized carbons (Fsp3) is 0.450. The Morgan fingerprint density at radius 3 is 2.50 bits per heavy atom. The SMILES string of the molecule is CCC1(CC)NC(=O)N(CC(=O)OCC(=O)c2cc(C)n(-c3nccs3)c2C)C1=O. The third kappa shape index (κ3) is 3.74. The van der Waals surface area contributed by atoms with E-state index in [0.717, 1.165) is 15.7 Å². The molecule has 0 radical (unpaired) electrons. The summed E-state index contributed by atoms with van der Waals surface area (Å²) in [6.45, 7) is 6.25. The van der Waals surface area contributed by atoms with Gasteiger partial charge in [-0.25, -0.2) is 9.78 Å². The molecule has 3 heterocycles. The normalized spacial score (nSPS) is 15.4. The molecule has 0 spiro atoms. The summed E-state index contributed by atoms with van der Waals surface area (Å²) in [7, 11) is 0. The van der Waals surface area contributed by atoms with Gasteiger partial charge in [-0.1, -0.05) is 13.8 Å². The van der Waals surface area contributed by atoms with Crippen LogP contribution in [0.2, 0.25) is 0 Å². The first kappa shape index (κ1) is 21.7. The predicted molar refractivity (Wildman–Crippen MR) is 110 cm³/mol. The standard InChI is InChI=1S/C20H24N4O5S/c1-5-20(6-2)17(27)23(18(28)22-20)10-16(26)29-11-15(25)14-9-12(3)24(13(14)4)19-21-7-8-30-19/h7-9H,5-6,10-11H2,1-4H3,(H,22,28). The molecule has 1 saturated heterocycles. The molecule has 0 bridgehead atoms. The number of thiazole rings is 1. The van der Waals surface area contributed by atoms with E-state index < -0.39 is 36.6 Å². The number of aromatic nitrogens is 2. The van der Waals surface area contributed by atoms with Gasteiger partial charge in [-0.15, -0.1) is 11.3 Å². The van der Waals surface area contributed by atoms with Gasteiger partial charge in [0.25, 0.3) is 5.91 Å². The van der Waals surface area contributed by atoms with E-state index in [4.69, 9.17) is 4.74 Å². The van der Waals surface area contributed by atoms with E-state index >= 15 is 0 Å². The van der Waals surface area contributed by atoms with Crippen LogP contribution >= 0.6 is 11.3 Å². The van der Waals surface area contributed by atoms with Crippen LogP contribution in [0.15, 0.2) is 17.6 Å². The number of rotatable bonds is 8. The van der Waals surface area contributed by atoms with Crippen LogP contribution in [0.5, 0.6) is 0 Å². The number of hydrogen-bond acceptors (Lipinski definition) is 7. The summed E-state index contributed by atoms with van der Waals surface area (Å²) >= 11 is 1.45. The zero-order chi connectivity index (χ0) is 22.1. The molecule has 10 heteroatoms. The van der Waals surface area contributed by atoms with Gasteiger partial charge < -0.3 is 10.1 Å². The summed E-state index contributed by atoms with van der Waals surface area (Å²) in [5.74, 6) is -1.63. The van der Waals surface area contributed by atoms with Crippen LogP contribution in [-0.4, -0.2) is 56.8 Å². The summed E-state index contributed by atoms with van der Waals surface area (Å²) in [5, 5.41) is 5.24. The minimum atomic E-state index is -0.986. The third-order valence-electron chi connectivity index (χ3n) is 5.45. The van der Waals surface area contributed by atoms with Gasteiger partial charge in [0.1, 0.15) is 12.1 Å². The lowest BCUT2D eigenvalue weighted by Gasteiger charge is -2.22. The van der Waals surface area contributed by atoms with Crippen molar-refractivity contribution >= 4 is 35.0 Å². The maximum Gasteiger partial charge on any atom is 0.326 e. The van der Waals surface area contributed by atoms with Crippen molar-refractivity contribution in [3.63, 3.8) is 0 Å². The number of ketones is 1. The Morgan fingerprint density at radius 2 is 1.93 bits per heavy atom. The lowest BCUT2D eigenvalue weighted by molar-refractivity contribution is -0.146. The Morgan fingerprint density at radius 1 is 1.23 bits per heavy atom. The number of esters is 1. The topological polar surface area (TPSA) is 111 Å². The van der Waals surface area contributed by atoms with Crippen molar-refractivity contribution in [2.75, 3.05) is 13.2 Å². The van der Waals surface area contributed by atoms with E-state index in [0.29, 0.717) is 24.1 Å². The second kappa shape index (κ2) is 8.39. The quantitative estimate of drug-likeness (QED) is 0.390. The first-order valence-electron chi connectivity index (χ1n) is 9.65. The van der Waals surface area contributed by atoms with E-state index in [2.05, 4.69) is 10.3 Å². The molecular weight excluding hydrogens is 408 g/mol. The molecule has 0 unspecified atom stereocenters. The van der Waals surface area contributed by atoms with Crippen LogP contribution in [0.4, 0.5) is 4.79 Å². The Hall–Kier alpha value is -3.01. The molecule has 3 rings (SSSR count). The van der Waals surface area contributed by atoms with E-state index in [1.54, 1.807) is 33.0 Å². The summed E-state index contributed by atoms with van der Waals surface area (Å²) in [6, 6.07) is 1.10. The van der Waals surface area contributed by atoms with Crippen LogP contribution < -0.4 is 5.32 Å². The molecule has 2 aromatic rings. The van der Waals surface area contributed by atoms with Crippen LogP contribution in [0.25, 0.3) is 5.13 Å². The summed E-state index contributed by atoms with van der Waals surface area (Å²) in [6.07, 6.45) is 2.53. The van der Waals surface area contributed by atoms with Crippen molar-refractivity contribution < 1.29 is 23.9 Å². The molecule has 30 heavy (non-hydrogen) atoms. The average Bonchev–Trinajstić information content (AvgIpc) is 3.40. The van der Waals surface area contributed by atoms with Gasteiger partial charge in [-0.3, -0.25) is 23.9 Å². The number of urea groups is 1. The highest BCUT2D eigenvalue weighted by Crippen LogP contribution is 2.25. The first-order chi connectivity index (χ1) is 14.2. The fourth-order valence-corrected chi connectivity index (χ4v) is 4.36. The molecular formula is C20H24N4O5S. The number of nitrogens with one attached hydrogen (secondary N) is 1. The van der Waals surface area contributed by atoms with E-state index in [9.17, 15) is 19.2 Å². The molecule has 2 aromatic heterocycles. The minimum absolute atomic E-state index is 0.368. The number of hydrogen-bond donors (Lipinski definition) is 1. The van der Waals surface area contributed by atoms with Crippen molar-refractivity contribution in [2.45, 2.75) is 46.1 Å². The van der Waals surface area contributed by atoms with Crippen molar-refractivity contribution in [3.8, 4) is 5.13 Å². The van der Waals surface area contributed by atoms with Gasteiger partial charge in [0.05, 0.1) is 0 Å². The van der Waals surface area contributed by atoms with Gasteiger partial charge in [0, 0.05) is 28.5 Å². The Bertz CT molecular complexity index is 991. The molecule has 0 aromatic carbocycles. The number of imide groups is 1. The zero-order valence-corrected chi connectivity index (χ0v) is 18.2. The Kier molecular flexibility index (Phi) is 6.06. The number of carbonyl (C=O) groups excluding carboxylic acids is 4. The molecule has 0 saturated carbocycles. The molecule has 9 nitrogen and oxygen atoms in total. The van der Waals surface area contributed by atoms with Gasteiger partial charge in [-0.2, -0.15) is 0 Å². The third-order valence-corrected chi connectivity index (χ3v) is 6.20. The maximum absolute atomic E-state index is 12.6. The Balaban J connectivity index is 1.63. The highest BCUT2D eigenvalue weighted by Gasteiger charge is 2.49. The molecule has 160 valence electrons. The van der Waals surface area contributed by atoms with Gasteiger partial charge >= 0.3 is 12.0 Å². The summed E-state index contributed by atoms with van der Waals surface area (Å²) < 4.78 is 6.93. The van der Waals surface area contributed by atoms with E-state index in [1.165, 1.54) is 11.3 Å². The molecule has 1 N–H and O–H groups in total. The summed E-state index contributed by atoms with van der Waals surface area (Å²) in [4.78, 5) is 54.6. The number of ether oxygens (including phenoxy) is 1. The zero-order valence-electron chi connectivity index (χ0n) is 17.4. The average molecular weight is 433 g/mol. The molecule has 3 amide bonds. The predicted octanol–water partition coefficient (Wildman–Crippen LogP) is 2.39. The second-order valence-corrected chi connectivity index (χ2v) is 8.00. The van der Waals surface area contributed by atoms with E-state index in [-0.39, 0.29) is 5.78 Å². The fourth-order valence-electron chi connectivity index (χ4n) is 3.61.